The van der Waals surface area contributed by atoms with E-state index >= 15 is 0 Å². The maximum absolute atomic E-state index is 12.3. The monoisotopic (exact) mass is 433 g/mol. The number of hydrogen-bond acceptors (Lipinski definition) is 4. The number of sulfonamides is 1. The maximum Gasteiger partial charge on any atom is 0.238 e. The smallest absolute Gasteiger partial charge is 0.238 e. The molecule has 1 saturated heterocycles. The summed E-state index contributed by atoms with van der Waals surface area (Å²) in [6.07, 6.45) is 2.86. The number of para-hydroxylation sites is 1. The minimum Gasteiger partial charge on any atom is -0.325 e. The molecule has 29 heavy (non-hydrogen) atoms. The Bertz CT molecular complexity index is 939. The summed E-state index contributed by atoms with van der Waals surface area (Å²) < 4.78 is 27.3. The molecule has 0 atom stereocenters. The number of halogens is 1. The summed E-state index contributed by atoms with van der Waals surface area (Å²) in [7, 11) is -3.53. The van der Waals surface area contributed by atoms with Crippen molar-refractivity contribution in [1.29, 1.82) is 0 Å². The molecule has 154 valence electrons. The lowest BCUT2D eigenvalue weighted by Crippen LogP contribution is -2.46. The van der Waals surface area contributed by atoms with Crippen molar-refractivity contribution in [2.45, 2.75) is 18.9 Å². The third-order valence-corrected chi connectivity index (χ3v) is 6.06. The van der Waals surface area contributed by atoms with E-state index in [-0.39, 0.29) is 11.9 Å². The number of rotatable bonds is 7. The van der Waals surface area contributed by atoms with Gasteiger partial charge in [0, 0.05) is 35.2 Å². The highest BCUT2D eigenvalue weighted by Gasteiger charge is 2.23. The van der Waals surface area contributed by atoms with Crippen molar-refractivity contribution in [3.8, 4) is 0 Å². The zero-order valence-electron chi connectivity index (χ0n) is 15.9. The lowest BCUT2D eigenvalue weighted by atomic mass is 10.1. The number of carbonyl (C=O) groups excluding carboxylic acids is 1. The molecular formula is C21H24ClN3O3S. The van der Waals surface area contributed by atoms with Gasteiger partial charge >= 0.3 is 0 Å². The molecule has 2 aromatic rings. The van der Waals surface area contributed by atoms with E-state index in [9.17, 15) is 13.2 Å². The van der Waals surface area contributed by atoms with E-state index in [0.29, 0.717) is 37.5 Å². The predicted octanol–water partition coefficient (Wildman–Crippen LogP) is 3.33. The Balaban J connectivity index is 1.44. The first-order valence-electron chi connectivity index (χ1n) is 9.43. The summed E-state index contributed by atoms with van der Waals surface area (Å²) in [4.78, 5) is 14.2. The quantitative estimate of drug-likeness (QED) is 0.702. The highest BCUT2D eigenvalue weighted by Crippen LogP contribution is 2.14. The Morgan fingerprint density at radius 3 is 2.38 bits per heavy atom. The Morgan fingerprint density at radius 1 is 1.07 bits per heavy atom. The molecule has 0 aliphatic carbocycles. The van der Waals surface area contributed by atoms with Crippen LogP contribution in [0, 0.1) is 0 Å². The lowest BCUT2D eigenvalue weighted by Gasteiger charge is -2.31. The molecule has 3 rings (SSSR count). The van der Waals surface area contributed by atoms with Gasteiger partial charge in [0.1, 0.15) is 0 Å². The van der Waals surface area contributed by atoms with E-state index < -0.39 is 10.0 Å². The fourth-order valence-electron chi connectivity index (χ4n) is 3.15. The summed E-state index contributed by atoms with van der Waals surface area (Å²) in [5.74, 6) is -0.0684. The van der Waals surface area contributed by atoms with E-state index in [1.807, 2.05) is 35.2 Å². The number of nitrogens with one attached hydrogen (secondary N) is 2. The number of likely N-dealkylation sites (tertiary alicyclic amines) is 1. The van der Waals surface area contributed by atoms with Crippen molar-refractivity contribution in [3.05, 3.63) is 70.6 Å². The van der Waals surface area contributed by atoms with Gasteiger partial charge in [-0.25, -0.2) is 13.1 Å². The summed E-state index contributed by atoms with van der Waals surface area (Å²) in [6, 6.07) is 16.1. The van der Waals surface area contributed by atoms with Gasteiger partial charge in [0.05, 0.1) is 6.54 Å². The number of amides is 1. The molecule has 2 aromatic carbocycles. The van der Waals surface area contributed by atoms with E-state index in [0.717, 1.165) is 11.3 Å². The Hall–Kier alpha value is -2.19. The number of piperidine rings is 1. The highest BCUT2D eigenvalue weighted by molar-refractivity contribution is 7.92. The summed E-state index contributed by atoms with van der Waals surface area (Å²) in [6.45, 7) is 1.62. The lowest BCUT2D eigenvalue weighted by molar-refractivity contribution is -0.117. The standard InChI is InChI=1S/C21H24ClN3O3S/c22-18-8-6-17(7-9-18)12-15-29(27,28)24-20-10-13-25(14-11-20)16-21(26)23-19-4-2-1-3-5-19/h1-9,12,15,20,24H,10-11,13-14,16H2,(H,23,26)/b15-12+. The largest absolute Gasteiger partial charge is 0.325 e. The summed E-state index contributed by atoms with van der Waals surface area (Å²) >= 11 is 5.83. The van der Waals surface area contributed by atoms with Crippen LogP contribution in [0.4, 0.5) is 5.69 Å². The molecule has 0 spiro atoms. The van der Waals surface area contributed by atoms with Gasteiger partial charge in [-0.3, -0.25) is 9.69 Å². The maximum atomic E-state index is 12.3. The van der Waals surface area contributed by atoms with Crippen LogP contribution >= 0.6 is 11.6 Å². The zero-order valence-corrected chi connectivity index (χ0v) is 17.5. The first-order valence-corrected chi connectivity index (χ1v) is 11.4. The fourth-order valence-corrected chi connectivity index (χ4v) is 4.39. The molecule has 6 nitrogen and oxygen atoms in total. The van der Waals surface area contributed by atoms with Gasteiger partial charge in [0.25, 0.3) is 0 Å². The number of benzene rings is 2. The number of hydrogen-bond donors (Lipinski definition) is 2. The molecule has 1 aliphatic rings. The topological polar surface area (TPSA) is 78.5 Å². The molecular weight excluding hydrogens is 410 g/mol. The van der Waals surface area contributed by atoms with Crippen molar-refractivity contribution in [2.75, 3.05) is 25.0 Å². The second kappa shape index (κ2) is 10.0. The molecule has 8 heteroatoms. The molecule has 1 fully saturated rings. The highest BCUT2D eigenvalue weighted by atomic mass is 35.5. The Morgan fingerprint density at radius 2 is 1.72 bits per heavy atom. The number of nitrogens with zero attached hydrogens (tertiary/aromatic N) is 1. The Labute approximate surface area is 176 Å². The van der Waals surface area contributed by atoms with Crippen LogP contribution in [0.5, 0.6) is 0 Å². The van der Waals surface area contributed by atoms with E-state index in [2.05, 4.69) is 10.0 Å². The predicted molar refractivity (Wildman–Crippen MR) is 117 cm³/mol. The first-order chi connectivity index (χ1) is 13.9. The Kier molecular flexibility index (Phi) is 7.44. The van der Waals surface area contributed by atoms with Crippen LogP contribution in [0.2, 0.25) is 5.02 Å². The van der Waals surface area contributed by atoms with Gasteiger partial charge in [-0.2, -0.15) is 0 Å². The molecule has 0 saturated carbocycles. The van der Waals surface area contributed by atoms with Crippen LogP contribution in [0.3, 0.4) is 0 Å². The van der Waals surface area contributed by atoms with Gasteiger partial charge in [-0.15, -0.1) is 0 Å². The van der Waals surface area contributed by atoms with Crippen LogP contribution in [0.1, 0.15) is 18.4 Å². The van der Waals surface area contributed by atoms with E-state index in [1.54, 1.807) is 30.3 Å². The van der Waals surface area contributed by atoms with E-state index in [4.69, 9.17) is 11.6 Å². The van der Waals surface area contributed by atoms with Crippen LogP contribution in [0.15, 0.2) is 60.0 Å². The van der Waals surface area contributed by atoms with Crippen molar-refractivity contribution in [1.82, 2.24) is 9.62 Å². The normalized spacial score (nSPS) is 16.2. The van der Waals surface area contributed by atoms with Gasteiger partial charge < -0.3 is 5.32 Å². The van der Waals surface area contributed by atoms with Crippen molar-refractivity contribution in [2.24, 2.45) is 0 Å². The molecule has 0 unspecified atom stereocenters. The van der Waals surface area contributed by atoms with Crippen molar-refractivity contribution in [3.63, 3.8) is 0 Å². The molecule has 1 amide bonds. The minimum absolute atomic E-state index is 0.0684. The third kappa shape index (κ3) is 7.29. The van der Waals surface area contributed by atoms with Crippen LogP contribution in [-0.2, 0) is 14.8 Å². The second-order valence-corrected chi connectivity index (χ2v) is 9.02. The van der Waals surface area contributed by atoms with Crippen LogP contribution < -0.4 is 10.0 Å². The fraction of sp³-hybridized carbons (Fsp3) is 0.286. The van der Waals surface area contributed by atoms with Gasteiger partial charge in [0.15, 0.2) is 0 Å². The zero-order chi connectivity index (χ0) is 20.7. The number of carbonyl (C=O) groups is 1. The molecule has 0 bridgehead atoms. The third-order valence-electron chi connectivity index (χ3n) is 4.65. The van der Waals surface area contributed by atoms with Crippen LogP contribution in [-0.4, -0.2) is 44.9 Å². The van der Waals surface area contributed by atoms with E-state index in [1.165, 1.54) is 5.41 Å². The number of anilines is 1. The molecule has 0 radical (unpaired) electrons. The summed E-state index contributed by atoms with van der Waals surface area (Å²) in [5, 5.41) is 4.65. The van der Waals surface area contributed by atoms with Crippen molar-refractivity contribution >= 4 is 39.3 Å². The van der Waals surface area contributed by atoms with Gasteiger partial charge in [-0.05, 0) is 48.7 Å². The minimum atomic E-state index is -3.53. The van der Waals surface area contributed by atoms with Gasteiger partial charge in [0.2, 0.25) is 15.9 Å². The molecule has 0 aromatic heterocycles. The average Bonchev–Trinajstić information content (AvgIpc) is 2.70. The average molecular weight is 434 g/mol. The molecule has 1 heterocycles. The first kappa shape index (κ1) is 21.5. The molecule has 1 aliphatic heterocycles. The second-order valence-electron chi connectivity index (χ2n) is 6.98. The molecule has 2 N–H and O–H groups in total. The van der Waals surface area contributed by atoms with Gasteiger partial charge in [-0.1, -0.05) is 41.9 Å². The van der Waals surface area contributed by atoms with Crippen LogP contribution in [0.25, 0.3) is 6.08 Å². The van der Waals surface area contributed by atoms with Crippen molar-refractivity contribution < 1.29 is 13.2 Å². The summed E-state index contributed by atoms with van der Waals surface area (Å²) in [5.41, 5.74) is 1.53. The SMILES string of the molecule is O=C(CN1CCC(NS(=O)(=O)/C=C/c2ccc(Cl)cc2)CC1)Nc1ccccc1.